The molecule has 0 unspecified atom stereocenters. The van der Waals surface area contributed by atoms with E-state index in [-0.39, 0.29) is 0 Å². The van der Waals surface area contributed by atoms with Crippen LogP contribution < -0.4 is 10.6 Å². The fraction of sp³-hybridized carbons (Fsp3) is 0.667. The van der Waals surface area contributed by atoms with Crippen LogP contribution in [0.15, 0.2) is 6.07 Å². The fourth-order valence-electron chi connectivity index (χ4n) is 1.41. The summed E-state index contributed by atoms with van der Waals surface area (Å²) in [7, 11) is 0. The molecule has 1 heterocycles. The van der Waals surface area contributed by atoms with Crippen LogP contribution in [0.1, 0.15) is 19.8 Å². The van der Waals surface area contributed by atoms with Gasteiger partial charge in [-0.3, -0.25) is 0 Å². The third kappa shape index (κ3) is 2.12. The molecule has 0 bridgehead atoms. The molecule has 2 N–H and O–H groups in total. The van der Waals surface area contributed by atoms with E-state index in [0.717, 1.165) is 12.5 Å². The van der Waals surface area contributed by atoms with Gasteiger partial charge in [-0.15, -0.1) is 0 Å². The van der Waals surface area contributed by atoms with E-state index >= 15 is 0 Å². The van der Waals surface area contributed by atoms with Gasteiger partial charge in [-0.05, 0) is 37.2 Å². The number of hydrogen-bond acceptors (Lipinski definition) is 4. The first kappa shape index (κ1) is 8.81. The maximum absolute atomic E-state index is 5.59. The summed E-state index contributed by atoms with van der Waals surface area (Å²) in [4.78, 5) is 2.37. The summed E-state index contributed by atoms with van der Waals surface area (Å²) in [5.41, 5.74) is 5.59. The zero-order valence-electron chi connectivity index (χ0n) is 7.86. The van der Waals surface area contributed by atoms with Crippen LogP contribution in [0.2, 0.25) is 0 Å². The van der Waals surface area contributed by atoms with Gasteiger partial charge in [0.15, 0.2) is 0 Å². The second-order valence-electron chi connectivity index (χ2n) is 3.57. The van der Waals surface area contributed by atoms with E-state index < -0.39 is 0 Å². The highest BCUT2D eigenvalue weighted by Crippen LogP contribution is 2.32. The molecule has 2 rings (SSSR count). The van der Waals surface area contributed by atoms with Crippen LogP contribution in [0, 0.1) is 5.92 Å². The smallest absolute Gasteiger partial charge is 0.139 e. The maximum Gasteiger partial charge on any atom is 0.139 e. The van der Waals surface area contributed by atoms with Gasteiger partial charge in [0.1, 0.15) is 10.8 Å². The van der Waals surface area contributed by atoms with Crippen molar-refractivity contribution in [3.8, 4) is 0 Å². The molecule has 0 saturated heterocycles. The lowest BCUT2D eigenvalue weighted by atomic mass is 10.3. The van der Waals surface area contributed by atoms with Gasteiger partial charge in [-0.1, -0.05) is 0 Å². The van der Waals surface area contributed by atoms with E-state index in [4.69, 9.17) is 5.73 Å². The molecular weight excluding hydrogens is 182 g/mol. The quantitative estimate of drug-likeness (QED) is 0.802. The average Bonchev–Trinajstić information content (AvgIpc) is 2.84. The molecule has 0 atom stereocenters. The van der Waals surface area contributed by atoms with Crippen molar-refractivity contribution in [1.29, 1.82) is 0 Å². The Balaban J connectivity index is 2.01. The van der Waals surface area contributed by atoms with Crippen molar-refractivity contribution in [3.05, 3.63) is 6.07 Å². The zero-order valence-corrected chi connectivity index (χ0v) is 8.68. The van der Waals surface area contributed by atoms with Crippen LogP contribution in [0.3, 0.4) is 0 Å². The van der Waals surface area contributed by atoms with Crippen LogP contribution in [0.25, 0.3) is 0 Å². The minimum Gasteiger partial charge on any atom is -0.383 e. The highest BCUT2D eigenvalue weighted by molar-refractivity contribution is 7.10. The van der Waals surface area contributed by atoms with Gasteiger partial charge >= 0.3 is 0 Å². The number of hydrogen-bond donors (Lipinski definition) is 1. The molecule has 1 aliphatic rings. The molecule has 1 aromatic heterocycles. The van der Waals surface area contributed by atoms with Crippen molar-refractivity contribution < 1.29 is 0 Å². The Kier molecular flexibility index (Phi) is 2.40. The standard InChI is InChI=1S/C9H15N3S/c1-2-12(6-7-3-4-7)9-5-8(10)11-13-9/h5,7H,2-4,6H2,1H3,(H2,10,11). The van der Waals surface area contributed by atoms with E-state index in [0.29, 0.717) is 5.82 Å². The van der Waals surface area contributed by atoms with Gasteiger partial charge in [-0.25, -0.2) is 0 Å². The van der Waals surface area contributed by atoms with Crippen molar-refractivity contribution in [3.63, 3.8) is 0 Å². The van der Waals surface area contributed by atoms with E-state index in [1.165, 1.54) is 35.9 Å². The minimum absolute atomic E-state index is 0.647. The fourth-order valence-corrected chi connectivity index (χ4v) is 2.16. The van der Waals surface area contributed by atoms with E-state index in [9.17, 15) is 0 Å². The molecule has 1 aliphatic carbocycles. The van der Waals surface area contributed by atoms with Crippen LogP contribution >= 0.6 is 11.5 Å². The SMILES string of the molecule is CCN(CC1CC1)c1cc(N)ns1. The lowest BCUT2D eigenvalue weighted by molar-refractivity contribution is 0.747. The monoisotopic (exact) mass is 197 g/mol. The normalized spacial score (nSPS) is 16.1. The second kappa shape index (κ2) is 3.54. The summed E-state index contributed by atoms with van der Waals surface area (Å²) in [5, 5.41) is 1.21. The van der Waals surface area contributed by atoms with Gasteiger partial charge < -0.3 is 10.6 Å². The van der Waals surface area contributed by atoms with Crippen LogP contribution in [0.5, 0.6) is 0 Å². The van der Waals surface area contributed by atoms with E-state index in [1.54, 1.807) is 0 Å². The summed E-state index contributed by atoms with van der Waals surface area (Å²) in [6, 6.07) is 1.97. The van der Waals surface area contributed by atoms with Crippen molar-refractivity contribution in [2.75, 3.05) is 23.7 Å². The molecule has 3 nitrogen and oxygen atoms in total. The number of rotatable bonds is 4. The van der Waals surface area contributed by atoms with Crippen molar-refractivity contribution in [2.24, 2.45) is 5.92 Å². The largest absolute Gasteiger partial charge is 0.383 e. The molecule has 0 aliphatic heterocycles. The third-order valence-electron chi connectivity index (χ3n) is 2.38. The first-order chi connectivity index (χ1) is 6.29. The summed E-state index contributed by atoms with van der Waals surface area (Å²) in [6.45, 7) is 4.41. The number of aromatic nitrogens is 1. The number of nitrogens with zero attached hydrogens (tertiary/aromatic N) is 2. The number of nitrogen functional groups attached to an aromatic ring is 1. The lowest BCUT2D eigenvalue weighted by Gasteiger charge is -2.19. The Bertz CT molecular complexity index is 280. The third-order valence-corrected chi connectivity index (χ3v) is 3.25. The van der Waals surface area contributed by atoms with Gasteiger partial charge in [0.2, 0.25) is 0 Å². The van der Waals surface area contributed by atoms with Crippen molar-refractivity contribution in [1.82, 2.24) is 4.37 Å². The molecule has 0 amide bonds. The Morgan fingerprint density at radius 2 is 2.46 bits per heavy atom. The first-order valence-corrected chi connectivity index (χ1v) is 5.54. The molecule has 1 aromatic rings. The lowest BCUT2D eigenvalue weighted by Crippen LogP contribution is -2.24. The molecular formula is C9H15N3S. The number of nitrogens with two attached hydrogens (primary N) is 1. The average molecular weight is 197 g/mol. The highest BCUT2D eigenvalue weighted by atomic mass is 32.1. The number of anilines is 2. The Morgan fingerprint density at radius 1 is 1.69 bits per heavy atom. The molecule has 0 spiro atoms. The van der Waals surface area contributed by atoms with Crippen LogP contribution in [-0.2, 0) is 0 Å². The topological polar surface area (TPSA) is 42.1 Å². The maximum atomic E-state index is 5.59. The predicted octanol–water partition coefficient (Wildman–Crippen LogP) is 1.96. The van der Waals surface area contributed by atoms with Gasteiger partial charge in [0.05, 0.1) is 0 Å². The zero-order chi connectivity index (χ0) is 9.26. The summed E-state index contributed by atoms with van der Waals surface area (Å²) in [6.07, 6.45) is 2.79. The summed E-state index contributed by atoms with van der Waals surface area (Å²) >= 11 is 1.50. The predicted molar refractivity (Wildman–Crippen MR) is 57.1 cm³/mol. The van der Waals surface area contributed by atoms with Crippen LogP contribution in [0.4, 0.5) is 10.8 Å². The Labute approximate surface area is 82.7 Å². The Hall–Kier alpha value is -0.770. The molecule has 1 fully saturated rings. The summed E-state index contributed by atoms with van der Waals surface area (Å²) < 4.78 is 4.09. The molecule has 0 radical (unpaired) electrons. The molecule has 0 aromatic carbocycles. The van der Waals surface area contributed by atoms with E-state index in [1.807, 2.05) is 6.07 Å². The van der Waals surface area contributed by atoms with Crippen LogP contribution in [-0.4, -0.2) is 17.5 Å². The molecule has 4 heteroatoms. The Morgan fingerprint density at radius 3 is 2.92 bits per heavy atom. The molecule has 1 saturated carbocycles. The molecule has 72 valence electrons. The first-order valence-electron chi connectivity index (χ1n) is 4.76. The van der Waals surface area contributed by atoms with Crippen molar-refractivity contribution >= 4 is 22.4 Å². The molecule has 13 heavy (non-hydrogen) atoms. The minimum atomic E-state index is 0.647. The summed E-state index contributed by atoms with van der Waals surface area (Å²) in [5.74, 6) is 1.57. The second-order valence-corrected chi connectivity index (χ2v) is 4.36. The van der Waals surface area contributed by atoms with Crippen molar-refractivity contribution in [2.45, 2.75) is 19.8 Å². The highest BCUT2D eigenvalue weighted by Gasteiger charge is 2.24. The van der Waals surface area contributed by atoms with Gasteiger partial charge in [0, 0.05) is 19.2 Å². The van der Waals surface area contributed by atoms with E-state index in [2.05, 4.69) is 16.2 Å². The van der Waals surface area contributed by atoms with Gasteiger partial charge in [0.25, 0.3) is 0 Å². The van der Waals surface area contributed by atoms with Gasteiger partial charge in [-0.2, -0.15) is 4.37 Å².